The summed E-state index contributed by atoms with van der Waals surface area (Å²) in [6.45, 7) is 8.72. The van der Waals surface area contributed by atoms with Crippen LogP contribution in [0.25, 0.3) is 0 Å². The molecule has 1 atom stereocenters. The third-order valence-corrected chi connectivity index (χ3v) is 3.10. The van der Waals surface area contributed by atoms with Crippen molar-refractivity contribution < 1.29 is 0 Å². The molecule has 1 aromatic heterocycles. The van der Waals surface area contributed by atoms with E-state index >= 15 is 0 Å². The van der Waals surface area contributed by atoms with Gasteiger partial charge in [0, 0.05) is 6.04 Å². The van der Waals surface area contributed by atoms with Gasteiger partial charge >= 0.3 is 0 Å². The lowest BCUT2D eigenvalue weighted by atomic mass is 9.88. The number of H-pyrrole nitrogens is 1. The van der Waals surface area contributed by atoms with Crippen LogP contribution in [0.15, 0.2) is 0 Å². The molecule has 0 saturated heterocycles. The van der Waals surface area contributed by atoms with Gasteiger partial charge in [-0.25, -0.2) is 0 Å². The van der Waals surface area contributed by atoms with Gasteiger partial charge in [0.2, 0.25) is 5.13 Å². The molecule has 0 spiro atoms. The first-order chi connectivity index (χ1) is 5.89. The van der Waals surface area contributed by atoms with E-state index in [4.69, 9.17) is 12.2 Å². The third kappa shape index (κ3) is 3.08. The molecule has 0 aliphatic rings. The van der Waals surface area contributed by atoms with Crippen LogP contribution in [0.2, 0.25) is 0 Å². The molecule has 1 aromatic rings. The van der Waals surface area contributed by atoms with Gasteiger partial charge in [-0.2, -0.15) is 0 Å². The average molecular weight is 217 g/mol. The first-order valence-corrected chi connectivity index (χ1v) is 5.44. The van der Waals surface area contributed by atoms with Crippen LogP contribution in [0.5, 0.6) is 0 Å². The highest BCUT2D eigenvalue weighted by Gasteiger charge is 2.20. The van der Waals surface area contributed by atoms with Gasteiger partial charge in [-0.05, 0) is 24.6 Å². The molecular weight excluding hydrogens is 202 g/mol. The Hall–Kier alpha value is -0.420. The van der Waals surface area contributed by atoms with Crippen molar-refractivity contribution in [2.24, 2.45) is 5.41 Å². The number of aromatic amines is 1. The molecule has 2 N–H and O–H groups in total. The second kappa shape index (κ2) is 3.75. The number of nitrogens with zero attached hydrogens (tertiary/aromatic N) is 1. The normalized spacial score (nSPS) is 14.2. The first kappa shape index (κ1) is 10.7. The van der Waals surface area contributed by atoms with E-state index in [1.165, 1.54) is 11.3 Å². The molecule has 1 unspecified atom stereocenters. The Balaban J connectivity index is 2.65. The van der Waals surface area contributed by atoms with Crippen molar-refractivity contribution in [3.8, 4) is 0 Å². The molecule has 1 heterocycles. The summed E-state index contributed by atoms with van der Waals surface area (Å²) in [6, 6.07) is 0.376. The van der Waals surface area contributed by atoms with Crippen LogP contribution < -0.4 is 5.32 Å². The largest absolute Gasteiger partial charge is 0.357 e. The van der Waals surface area contributed by atoms with E-state index in [1.807, 2.05) is 0 Å². The van der Waals surface area contributed by atoms with E-state index in [0.29, 0.717) is 10.00 Å². The minimum atomic E-state index is 0.229. The monoisotopic (exact) mass is 217 g/mol. The summed E-state index contributed by atoms with van der Waals surface area (Å²) in [7, 11) is 0. The predicted octanol–water partition coefficient (Wildman–Crippen LogP) is 3.05. The molecular formula is C8H15N3S2. The number of hydrogen-bond donors (Lipinski definition) is 2. The van der Waals surface area contributed by atoms with Crippen molar-refractivity contribution in [3.05, 3.63) is 3.95 Å². The second-order valence-corrected chi connectivity index (χ2v) is 5.82. The van der Waals surface area contributed by atoms with Crippen LogP contribution in [0.1, 0.15) is 27.7 Å². The van der Waals surface area contributed by atoms with E-state index < -0.39 is 0 Å². The minimum absolute atomic E-state index is 0.229. The Morgan fingerprint density at radius 3 is 2.54 bits per heavy atom. The van der Waals surface area contributed by atoms with Crippen molar-refractivity contribution in [2.75, 3.05) is 5.32 Å². The van der Waals surface area contributed by atoms with Crippen molar-refractivity contribution in [2.45, 2.75) is 33.7 Å². The van der Waals surface area contributed by atoms with Crippen LogP contribution in [-0.2, 0) is 0 Å². The van der Waals surface area contributed by atoms with Crippen LogP contribution in [0.4, 0.5) is 5.13 Å². The van der Waals surface area contributed by atoms with Gasteiger partial charge < -0.3 is 5.32 Å². The SMILES string of the molecule is CC(Nc1n[nH]c(=S)s1)C(C)(C)C. The molecule has 74 valence electrons. The highest BCUT2D eigenvalue weighted by atomic mass is 32.1. The fraction of sp³-hybridized carbons (Fsp3) is 0.750. The van der Waals surface area contributed by atoms with Crippen molar-refractivity contribution in [1.29, 1.82) is 0 Å². The number of nitrogens with one attached hydrogen (secondary N) is 2. The number of rotatable bonds is 2. The zero-order valence-electron chi connectivity index (χ0n) is 8.34. The molecule has 1 rings (SSSR count). The average Bonchev–Trinajstić information content (AvgIpc) is 2.33. The van der Waals surface area contributed by atoms with Crippen molar-refractivity contribution >= 4 is 28.7 Å². The first-order valence-electron chi connectivity index (χ1n) is 4.21. The maximum atomic E-state index is 4.94. The summed E-state index contributed by atoms with van der Waals surface area (Å²) in [5.74, 6) is 0. The third-order valence-electron chi connectivity index (χ3n) is 2.08. The van der Waals surface area contributed by atoms with Gasteiger partial charge in [-0.3, -0.25) is 5.10 Å². The van der Waals surface area contributed by atoms with Crippen molar-refractivity contribution in [1.82, 2.24) is 10.2 Å². The molecule has 0 bridgehead atoms. The lowest BCUT2D eigenvalue weighted by Crippen LogP contribution is -2.30. The standard InChI is InChI=1S/C8H15N3S2/c1-5(8(2,3)4)9-6-10-11-7(12)13-6/h5H,1-4H3,(H,9,10)(H,11,12). The van der Waals surface area contributed by atoms with Crippen LogP contribution >= 0.6 is 23.6 Å². The fourth-order valence-electron chi connectivity index (χ4n) is 0.693. The lowest BCUT2D eigenvalue weighted by molar-refractivity contribution is 0.359. The van der Waals surface area contributed by atoms with E-state index in [1.54, 1.807) is 0 Å². The van der Waals surface area contributed by atoms with Gasteiger partial charge in [0.1, 0.15) is 0 Å². The molecule has 0 aromatic carbocycles. The molecule has 0 radical (unpaired) electrons. The van der Waals surface area contributed by atoms with E-state index in [2.05, 4.69) is 43.2 Å². The van der Waals surface area contributed by atoms with Crippen LogP contribution in [-0.4, -0.2) is 16.2 Å². The fourth-order valence-corrected chi connectivity index (χ4v) is 1.57. The highest BCUT2D eigenvalue weighted by Crippen LogP contribution is 2.23. The van der Waals surface area contributed by atoms with Crippen LogP contribution in [0, 0.1) is 9.37 Å². The van der Waals surface area contributed by atoms with Gasteiger partial charge in [0.15, 0.2) is 3.95 Å². The molecule has 5 heteroatoms. The van der Waals surface area contributed by atoms with Crippen LogP contribution in [0.3, 0.4) is 0 Å². The minimum Gasteiger partial charge on any atom is -0.357 e. The zero-order valence-corrected chi connectivity index (χ0v) is 9.97. The van der Waals surface area contributed by atoms with Gasteiger partial charge in [-0.15, -0.1) is 5.10 Å². The topological polar surface area (TPSA) is 40.7 Å². The summed E-state index contributed by atoms with van der Waals surface area (Å²) in [6.07, 6.45) is 0. The quantitative estimate of drug-likeness (QED) is 0.748. The zero-order chi connectivity index (χ0) is 10.1. The second-order valence-electron chi connectivity index (χ2n) is 4.15. The lowest BCUT2D eigenvalue weighted by Gasteiger charge is -2.27. The van der Waals surface area contributed by atoms with Crippen molar-refractivity contribution in [3.63, 3.8) is 0 Å². The number of anilines is 1. The summed E-state index contributed by atoms with van der Waals surface area (Å²) < 4.78 is 0.712. The Kier molecular flexibility index (Phi) is 3.08. The molecule has 13 heavy (non-hydrogen) atoms. The van der Waals surface area contributed by atoms with Gasteiger partial charge in [0.25, 0.3) is 0 Å². The Morgan fingerprint density at radius 2 is 2.15 bits per heavy atom. The summed E-state index contributed by atoms with van der Waals surface area (Å²) in [4.78, 5) is 0. The molecule has 0 fully saturated rings. The highest BCUT2D eigenvalue weighted by molar-refractivity contribution is 7.73. The summed E-state index contributed by atoms with van der Waals surface area (Å²) >= 11 is 6.41. The van der Waals surface area contributed by atoms with Gasteiger partial charge in [-0.1, -0.05) is 32.1 Å². The molecule has 0 amide bonds. The number of hydrogen-bond acceptors (Lipinski definition) is 4. The van der Waals surface area contributed by atoms with Gasteiger partial charge in [0.05, 0.1) is 0 Å². The Bertz CT molecular complexity index is 321. The molecule has 3 nitrogen and oxygen atoms in total. The Labute approximate surface area is 87.6 Å². The molecule has 0 saturated carbocycles. The molecule has 0 aliphatic heterocycles. The number of aromatic nitrogens is 2. The van der Waals surface area contributed by atoms with E-state index in [-0.39, 0.29) is 5.41 Å². The summed E-state index contributed by atoms with van der Waals surface area (Å²) in [5, 5.41) is 11.0. The maximum Gasteiger partial charge on any atom is 0.204 e. The van der Waals surface area contributed by atoms with E-state index in [9.17, 15) is 0 Å². The predicted molar refractivity (Wildman–Crippen MR) is 59.8 cm³/mol. The Morgan fingerprint density at radius 1 is 1.54 bits per heavy atom. The molecule has 0 aliphatic carbocycles. The van der Waals surface area contributed by atoms with E-state index in [0.717, 1.165) is 5.13 Å². The maximum absolute atomic E-state index is 4.94. The summed E-state index contributed by atoms with van der Waals surface area (Å²) in [5.41, 5.74) is 0.229. The smallest absolute Gasteiger partial charge is 0.204 e.